The van der Waals surface area contributed by atoms with Gasteiger partial charge in [-0.1, -0.05) is 30.3 Å². The first-order chi connectivity index (χ1) is 13.8. The fraction of sp³-hybridized carbons (Fsp3) is 0.100. The summed E-state index contributed by atoms with van der Waals surface area (Å²) in [4.78, 5) is 26.0. The number of carbonyl (C=O) groups excluding carboxylic acids is 1. The molecule has 0 bridgehead atoms. The molecule has 0 fully saturated rings. The summed E-state index contributed by atoms with van der Waals surface area (Å²) in [6, 6.07) is 16.9. The second-order valence-corrected chi connectivity index (χ2v) is 7.11. The van der Waals surface area contributed by atoms with Gasteiger partial charge in [0.2, 0.25) is 0 Å². The highest BCUT2D eigenvalue weighted by Gasteiger charge is 2.08. The standard InChI is InChI=1S/C20H18N6OS/c27-19(25-14-6-2-1-3-7-14)26-20-22-12-15(28-20)10-11-21-18-16-8-4-5-9-17(16)23-13-24-18/h1-9,12-13H,10-11H2,(H,21,23,24)(H2,22,25,26,27). The number of anilines is 3. The van der Waals surface area contributed by atoms with Crippen molar-refractivity contribution in [2.45, 2.75) is 6.42 Å². The van der Waals surface area contributed by atoms with Crippen molar-refractivity contribution in [1.29, 1.82) is 0 Å². The lowest BCUT2D eigenvalue weighted by Gasteiger charge is -2.07. The third-order valence-electron chi connectivity index (χ3n) is 4.01. The van der Waals surface area contributed by atoms with Crippen LogP contribution in [0.1, 0.15) is 4.88 Å². The lowest BCUT2D eigenvalue weighted by atomic mass is 10.2. The number of urea groups is 1. The van der Waals surface area contributed by atoms with Gasteiger partial charge < -0.3 is 10.6 Å². The Hall–Kier alpha value is -3.52. The lowest BCUT2D eigenvalue weighted by Crippen LogP contribution is -2.19. The van der Waals surface area contributed by atoms with Gasteiger partial charge in [0.25, 0.3) is 0 Å². The molecule has 2 aromatic carbocycles. The van der Waals surface area contributed by atoms with Crippen molar-refractivity contribution >= 4 is 44.9 Å². The molecule has 4 rings (SSSR count). The van der Waals surface area contributed by atoms with Crippen LogP contribution >= 0.6 is 11.3 Å². The maximum atomic E-state index is 12.0. The number of para-hydroxylation sites is 2. The Labute approximate surface area is 165 Å². The normalized spacial score (nSPS) is 10.6. The molecule has 0 unspecified atom stereocenters. The smallest absolute Gasteiger partial charge is 0.325 e. The number of nitrogens with zero attached hydrogens (tertiary/aromatic N) is 3. The number of carbonyl (C=O) groups is 1. The van der Waals surface area contributed by atoms with Crippen molar-refractivity contribution in [3.8, 4) is 0 Å². The summed E-state index contributed by atoms with van der Waals surface area (Å²) in [7, 11) is 0. The van der Waals surface area contributed by atoms with Crippen LogP contribution in [0.15, 0.2) is 67.1 Å². The fourth-order valence-electron chi connectivity index (χ4n) is 2.71. The van der Waals surface area contributed by atoms with Crippen LogP contribution in [0.5, 0.6) is 0 Å². The van der Waals surface area contributed by atoms with Gasteiger partial charge in [-0.05, 0) is 24.3 Å². The zero-order chi connectivity index (χ0) is 19.2. The molecule has 0 saturated heterocycles. The van der Waals surface area contributed by atoms with Crippen molar-refractivity contribution in [1.82, 2.24) is 15.0 Å². The number of hydrogen-bond donors (Lipinski definition) is 3. The zero-order valence-electron chi connectivity index (χ0n) is 14.9. The van der Waals surface area contributed by atoms with Crippen LogP contribution in [0.25, 0.3) is 10.9 Å². The SMILES string of the molecule is O=C(Nc1ccccc1)Nc1ncc(CCNc2ncnc3ccccc23)s1. The molecule has 0 aliphatic carbocycles. The van der Waals surface area contributed by atoms with Crippen LogP contribution < -0.4 is 16.0 Å². The Morgan fingerprint density at radius 1 is 0.929 bits per heavy atom. The van der Waals surface area contributed by atoms with Gasteiger partial charge in [0.15, 0.2) is 5.13 Å². The third-order valence-corrected chi connectivity index (χ3v) is 4.98. The van der Waals surface area contributed by atoms with Crippen molar-refractivity contribution in [2.75, 3.05) is 22.5 Å². The van der Waals surface area contributed by atoms with E-state index in [2.05, 4.69) is 30.9 Å². The Bertz CT molecular complexity index is 1080. The summed E-state index contributed by atoms with van der Waals surface area (Å²) >= 11 is 1.45. The lowest BCUT2D eigenvalue weighted by molar-refractivity contribution is 0.262. The first kappa shape index (κ1) is 17.9. The minimum atomic E-state index is -0.308. The summed E-state index contributed by atoms with van der Waals surface area (Å²) in [5.41, 5.74) is 1.65. The average molecular weight is 390 g/mol. The van der Waals surface area contributed by atoms with Gasteiger partial charge in [0.05, 0.1) is 5.52 Å². The second kappa shape index (κ2) is 8.45. The number of benzene rings is 2. The molecular weight excluding hydrogens is 372 g/mol. The van der Waals surface area contributed by atoms with Gasteiger partial charge in [-0.3, -0.25) is 5.32 Å². The van der Waals surface area contributed by atoms with E-state index in [1.54, 1.807) is 12.5 Å². The summed E-state index contributed by atoms with van der Waals surface area (Å²) in [6.07, 6.45) is 4.12. The van der Waals surface area contributed by atoms with Crippen LogP contribution in [0, 0.1) is 0 Å². The Morgan fingerprint density at radius 2 is 1.75 bits per heavy atom. The zero-order valence-corrected chi connectivity index (χ0v) is 15.7. The van der Waals surface area contributed by atoms with E-state index in [9.17, 15) is 4.79 Å². The van der Waals surface area contributed by atoms with Crippen LogP contribution in [-0.4, -0.2) is 27.5 Å². The Kier molecular flexibility index (Phi) is 5.39. The van der Waals surface area contributed by atoms with E-state index in [4.69, 9.17) is 0 Å². The van der Waals surface area contributed by atoms with Gasteiger partial charge in [-0.15, -0.1) is 11.3 Å². The highest BCUT2D eigenvalue weighted by molar-refractivity contribution is 7.15. The highest BCUT2D eigenvalue weighted by Crippen LogP contribution is 2.21. The molecule has 0 aliphatic rings. The molecule has 0 saturated carbocycles. The molecular formula is C20H18N6OS. The molecule has 2 heterocycles. The largest absolute Gasteiger partial charge is 0.369 e. The predicted octanol–water partition coefficient (Wildman–Crippen LogP) is 4.38. The van der Waals surface area contributed by atoms with Crippen LogP contribution in [0.3, 0.4) is 0 Å². The van der Waals surface area contributed by atoms with E-state index in [1.807, 2.05) is 54.6 Å². The number of fused-ring (bicyclic) bond motifs is 1. The van der Waals surface area contributed by atoms with E-state index in [-0.39, 0.29) is 6.03 Å². The number of nitrogens with one attached hydrogen (secondary N) is 3. The van der Waals surface area contributed by atoms with E-state index in [0.717, 1.165) is 33.7 Å². The van der Waals surface area contributed by atoms with Crippen LogP contribution in [0.2, 0.25) is 0 Å². The molecule has 28 heavy (non-hydrogen) atoms. The molecule has 0 spiro atoms. The van der Waals surface area contributed by atoms with Crippen molar-refractivity contribution in [3.63, 3.8) is 0 Å². The number of hydrogen-bond acceptors (Lipinski definition) is 6. The summed E-state index contributed by atoms with van der Waals surface area (Å²) in [5.74, 6) is 0.815. The molecule has 3 N–H and O–H groups in total. The number of amides is 2. The molecule has 0 atom stereocenters. The second-order valence-electron chi connectivity index (χ2n) is 5.99. The van der Waals surface area contributed by atoms with Crippen LogP contribution in [-0.2, 0) is 6.42 Å². The van der Waals surface area contributed by atoms with E-state index >= 15 is 0 Å². The van der Waals surface area contributed by atoms with Gasteiger partial charge in [0.1, 0.15) is 12.1 Å². The van der Waals surface area contributed by atoms with Crippen LogP contribution in [0.4, 0.5) is 21.4 Å². The van der Waals surface area contributed by atoms with E-state index < -0.39 is 0 Å². The monoisotopic (exact) mass is 390 g/mol. The topological polar surface area (TPSA) is 91.8 Å². The summed E-state index contributed by atoms with van der Waals surface area (Å²) < 4.78 is 0. The van der Waals surface area contributed by atoms with Crippen molar-refractivity contribution < 1.29 is 4.79 Å². The van der Waals surface area contributed by atoms with Gasteiger partial charge in [-0.2, -0.15) is 0 Å². The maximum Gasteiger partial charge on any atom is 0.325 e. The van der Waals surface area contributed by atoms with Gasteiger partial charge in [-0.25, -0.2) is 19.7 Å². The first-order valence-corrected chi connectivity index (χ1v) is 9.61. The Balaban J connectivity index is 1.30. The minimum absolute atomic E-state index is 0.308. The molecule has 0 aliphatic heterocycles. The predicted molar refractivity (Wildman–Crippen MR) is 113 cm³/mol. The summed E-state index contributed by atoms with van der Waals surface area (Å²) in [5, 5.41) is 10.4. The number of rotatable bonds is 6. The number of aromatic nitrogens is 3. The van der Waals surface area contributed by atoms with E-state index in [1.165, 1.54) is 11.3 Å². The van der Waals surface area contributed by atoms with Crippen molar-refractivity contribution in [2.24, 2.45) is 0 Å². The molecule has 2 amide bonds. The molecule has 4 aromatic rings. The molecule has 0 radical (unpaired) electrons. The Morgan fingerprint density at radius 3 is 2.64 bits per heavy atom. The molecule has 7 nitrogen and oxygen atoms in total. The first-order valence-electron chi connectivity index (χ1n) is 8.79. The fourth-order valence-corrected chi connectivity index (χ4v) is 3.52. The van der Waals surface area contributed by atoms with Crippen molar-refractivity contribution in [3.05, 3.63) is 72.0 Å². The van der Waals surface area contributed by atoms with E-state index in [0.29, 0.717) is 11.7 Å². The molecule has 140 valence electrons. The number of thiazole rings is 1. The quantitative estimate of drug-likeness (QED) is 0.454. The van der Waals surface area contributed by atoms with Gasteiger partial charge in [0, 0.05) is 35.1 Å². The highest BCUT2D eigenvalue weighted by atomic mass is 32.1. The maximum absolute atomic E-state index is 12.0. The minimum Gasteiger partial charge on any atom is -0.369 e. The molecule has 2 aromatic heterocycles. The summed E-state index contributed by atoms with van der Waals surface area (Å²) in [6.45, 7) is 0.707. The average Bonchev–Trinajstić information content (AvgIpc) is 3.16. The molecule has 8 heteroatoms. The van der Waals surface area contributed by atoms with Gasteiger partial charge >= 0.3 is 6.03 Å². The third kappa shape index (κ3) is 4.41.